The molecular weight excluding hydrogens is 234 g/mol. The maximum Gasteiger partial charge on any atom is 0.323 e. The van der Waals surface area contributed by atoms with Crippen LogP contribution in [0.4, 0.5) is 0 Å². The first-order valence-corrected chi connectivity index (χ1v) is 6.43. The van der Waals surface area contributed by atoms with Gasteiger partial charge in [0.05, 0.1) is 12.3 Å². The van der Waals surface area contributed by atoms with Gasteiger partial charge in [-0.25, -0.2) is 8.42 Å². The van der Waals surface area contributed by atoms with Crippen LogP contribution in [0.5, 0.6) is 0 Å². The number of carbonyl (C=O) groups is 2. The maximum absolute atomic E-state index is 11.4. The number of terminal acetylenes is 1. The molecule has 7 heteroatoms. The monoisotopic (exact) mass is 247 g/mol. The standard InChI is InChI=1S/C9H13NO5S/c1-3-5-10(7-9(12)13)8(11)4-6-16(2,14)15/h1H,4-7H2,2H3,(H,12,13). The van der Waals surface area contributed by atoms with Crippen molar-refractivity contribution < 1.29 is 23.1 Å². The first-order valence-electron chi connectivity index (χ1n) is 4.37. The van der Waals surface area contributed by atoms with Gasteiger partial charge in [0.2, 0.25) is 5.91 Å². The van der Waals surface area contributed by atoms with E-state index in [1.165, 1.54) is 0 Å². The van der Waals surface area contributed by atoms with Gasteiger partial charge in [0, 0.05) is 12.7 Å². The van der Waals surface area contributed by atoms with Crippen molar-refractivity contribution in [2.75, 3.05) is 25.1 Å². The fourth-order valence-corrected chi connectivity index (χ4v) is 1.48. The third-order valence-electron chi connectivity index (χ3n) is 1.65. The lowest BCUT2D eigenvalue weighted by atomic mass is 10.3. The summed E-state index contributed by atoms with van der Waals surface area (Å²) >= 11 is 0. The fraction of sp³-hybridized carbons (Fsp3) is 0.556. The lowest BCUT2D eigenvalue weighted by Crippen LogP contribution is -2.36. The van der Waals surface area contributed by atoms with Gasteiger partial charge in [0.1, 0.15) is 16.4 Å². The first-order chi connectivity index (χ1) is 7.26. The fourth-order valence-electron chi connectivity index (χ4n) is 0.937. The predicted octanol–water partition coefficient (Wildman–Crippen LogP) is -1.03. The van der Waals surface area contributed by atoms with Crippen LogP contribution in [0.2, 0.25) is 0 Å². The molecule has 0 radical (unpaired) electrons. The molecule has 0 fully saturated rings. The zero-order valence-corrected chi connectivity index (χ0v) is 9.66. The number of hydrogen-bond acceptors (Lipinski definition) is 4. The van der Waals surface area contributed by atoms with E-state index < -0.39 is 28.3 Å². The van der Waals surface area contributed by atoms with Crippen LogP contribution in [0.25, 0.3) is 0 Å². The summed E-state index contributed by atoms with van der Waals surface area (Å²) in [4.78, 5) is 22.8. The largest absolute Gasteiger partial charge is 0.480 e. The van der Waals surface area contributed by atoms with E-state index in [1.807, 2.05) is 0 Å². The molecule has 90 valence electrons. The number of hydrogen-bond donors (Lipinski definition) is 1. The molecule has 1 N–H and O–H groups in total. The minimum Gasteiger partial charge on any atom is -0.480 e. The van der Waals surface area contributed by atoms with E-state index in [1.54, 1.807) is 0 Å². The smallest absolute Gasteiger partial charge is 0.323 e. The third kappa shape index (κ3) is 6.84. The summed E-state index contributed by atoms with van der Waals surface area (Å²) in [5.74, 6) is 0.0609. The third-order valence-corrected chi connectivity index (χ3v) is 2.59. The van der Waals surface area contributed by atoms with Crippen molar-refractivity contribution in [3.8, 4) is 12.3 Å². The Labute approximate surface area is 94.2 Å². The molecular formula is C9H13NO5S. The molecule has 0 aromatic carbocycles. The van der Waals surface area contributed by atoms with Crippen LogP contribution in [-0.4, -0.2) is 55.4 Å². The molecule has 0 aromatic rings. The predicted molar refractivity (Wildman–Crippen MR) is 57.4 cm³/mol. The van der Waals surface area contributed by atoms with Gasteiger partial charge in [-0.3, -0.25) is 9.59 Å². The van der Waals surface area contributed by atoms with Crippen molar-refractivity contribution in [2.24, 2.45) is 0 Å². The normalized spacial score (nSPS) is 10.5. The summed E-state index contributed by atoms with van der Waals surface area (Å²) in [5.41, 5.74) is 0. The van der Waals surface area contributed by atoms with Gasteiger partial charge in [-0.05, 0) is 0 Å². The number of carboxylic acid groups (broad SMARTS) is 1. The Morgan fingerprint density at radius 2 is 2.00 bits per heavy atom. The van der Waals surface area contributed by atoms with E-state index in [9.17, 15) is 18.0 Å². The second-order valence-electron chi connectivity index (χ2n) is 3.23. The average Bonchev–Trinajstić information content (AvgIpc) is 2.11. The molecule has 0 heterocycles. The van der Waals surface area contributed by atoms with Gasteiger partial charge in [-0.1, -0.05) is 5.92 Å². The minimum absolute atomic E-state index is 0.144. The Morgan fingerprint density at radius 3 is 2.38 bits per heavy atom. The van der Waals surface area contributed by atoms with Gasteiger partial charge in [0.15, 0.2) is 0 Å². The summed E-state index contributed by atoms with van der Waals surface area (Å²) in [6.07, 6.45) is 5.72. The molecule has 0 aliphatic heterocycles. The van der Waals surface area contributed by atoms with E-state index in [0.717, 1.165) is 11.2 Å². The van der Waals surface area contributed by atoms with Gasteiger partial charge < -0.3 is 10.0 Å². The molecule has 0 unspecified atom stereocenters. The van der Waals surface area contributed by atoms with Gasteiger partial charge in [0.25, 0.3) is 0 Å². The van der Waals surface area contributed by atoms with Crippen LogP contribution < -0.4 is 0 Å². The molecule has 0 atom stereocenters. The molecule has 0 aliphatic carbocycles. The molecule has 1 amide bonds. The number of carboxylic acids is 1. The zero-order chi connectivity index (χ0) is 12.8. The summed E-state index contributed by atoms with van der Waals surface area (Å²) in [7, 11) is -3.24. The highest BCUT2D eigenvalue weighted by Crippen LogP contribution is 1.97. The van der Waals surface area contributed by atoms with Crippen molar-refractivity contribution in [3.63, 3.8) is 0 Å². The molecule has 6 nitrogen and oxygen atoms in total. The van der Waals surface area contributed by atoms with E-state index in [4.69, 9.17) is 11.5 Å². The zero-order valence-electron chi connectivity index (χ0n) is 8.84. The lowest BCUT2D eigenvalue weighted by Gasteiger charge is -2.17. The van der Waals surface area contributed by atoms with Gasteiger partial charge in [-0.2, -0.15) is 0 Å². The van der Waals surface area contributed by atoms with Crippen molar-refractivity contribution in [1.82, 2.24) is 4.90 Å². The number of aliphatic carboxylic acids is 1. The lowest BCUT2D eigenvalue weighted by molar-refractivity contribution is -0.143. The number of rotatable bonds is 6. The minimum atomic E-state index is -3.24. The highest BCUT2D eigenvalue weighted by atomic mass is 32.2. The topological polar surface area (TPSA) is 91.8 Å². The van der Waals surface area contributed by atoms with E-state index in [2.05, 4.69) is 5.92 Å². The Bertz CT molecular complexity index is 406. The quantitative estimate of drug-likeness (QED) is 0.606. The number of amides is 1. The molecule has 0 saturated carbocycles. The Morgan fingerprint density at radius 1 is 1.44 bits per heavy atom. The molecule has 0 spiro atoms. The Balaban J connectivity index is 4.40. The van der Waals surface area contributed by atoms with Gasteiger partial charge >= 0.3 is 5.97 Å². The molecule has 0 aliphatic rings. The van der Waals surface area contributed by atoms with Crippen molar-refractivity contribution in [2.45, 2.75) is 6.42 Å². The molecule has 0 rings (SSSR count). The van der Waals surface area contributed by atoms with Crippen LogP contribution in [0.1, 0.15) is 6.42 Å². The molecule has 0 bridgehead atoms. The summed E-state index contributed by atoms with van der Waals surface area (Å²) in [6.45, 7) is -0.665. The average molecular weight is 247 g/mol. The van der Waals surface area contributed by atoms with Crippen LogP contribution in [0.3, 0.4) is 0 Å². The highest BCUT2D eigenvalue weighted by molar-refractivity contribution is 7.90. The van der Waals surface area contributed by atoms with E-state index in [0.29, 0.717) is 0 Å². The summed E-state index contributed by atoms with van der Waals surface area (Å²) < 4.78 is 21.6. The van der Waals surface area contributed by atoms with Crippen LogP contribution in [0.15, 0.2) is 0 Å². The van der Waals surface area contributed by atoms with Crippen molar-refractivity contribution in [3.05, 3.63) is 0 Å². The maximum atomic E-state index is 11.4. The van der Waals surface area contributed by atoms with Crippen LogP contribution in [-0.2, 0) is 19.4 Å². The highest BCUT2D eigenvalue weighted by Gasteiger charge is 2.17. The molecule has 0 aromatic heterocycles. The second-order valence-corrected chi connectivity index (χ2v) is 5.49. The Kier molecular flexibility index (Phi) is 5.53. The van der Waals surface area contributed by atoms with Gasteiger partial charge in [-0.15, -0.1) is 6.42 Å². The number of nitrogens with zero attached hydrogens (tertiary/aromatic N) is 1. The van der Waals surface area contributed by atoms with E-state index in [-0.39, 0.29) is 18.7 Å². The molecule has 16 heavy (non-hydrogen) atoms. The molecule has 0 saturated heterocycles. The van der Waals surface area contributed by atoms with E-state index >= 15 is 0 Å². The van der Waals surface area contributed by atoms with Crippen LogP contribution in [0, 0.1) is 12.3 Å². The summed E-state index contributed by atoms with van der Waals surface area (Å²) in [5, 5.41) is 8.51. The van der Waals surface area contributed by atoms with Crippen LogP contribution >= 0.6 is 0 Å². The summed E-state index contributed by atoms with van der Waals surface area (Å²) in [6, 6.07) is 0. The number of sulfone groups is 1. The SMILES string of the molecule is C#CCN(CC(=O)O)C(=O)CCS(C)(=O)=O. The first kappa shape index (κ1) is 14.5. The number of carbonyl (C=O) groups excluding carboxylic acids is 1. The Hall–Kier alpha value is -1.55. The second kappa shape index (κ2) is 6.12. The van der Waals surface area contributed by atoms with Crippen molar-refractivity contribution >= 4 is 21.7 Å². The van der Waals surface area contributed by atoms with Crippen molar-refractivity contribution in [1.29, 1.82) is 0 Å².